The minimum atomic E-state index is -4.94. The first-order valence-electron chi connectivity index (χ1n) is 10.3. The van der Waals surface area contributed by atoms with Gasteiger partial charge in [-0.05, 0) is 67.7 Å². The summed E-state index contributed by atoms with van der Waals surface area (Å²) < 4.78 is 34.0. The van der Waals surface area contributed by atoms with Gasteiger partial charge in [0, 0.05) is 0 Å². The molecular weight excluding hydrogens is 431 g/mol. The van der Waals surface area contributed by atoms with Crippen LogP contribution in [0.15, 0.2) is 102 Å². The molecule has 0 bridgehead atoms. The first kappa shape index (κ1) is 23.6. The lowest BCUT2D eigenvalue weighted by Gasteiger charge is -2.26. The van der Waals surface area contributed by atoms with Crippen LogP contribution in [0.2, 0.25) is 0 Å². The highest BCUT2D eigenvalue weighted by Gasteiger charge is 2.43. The van der Waals surface area contributed by atoms with Crippen molar-refractivity contribution in [2.45, 2.75) is 32.1 Å². The summed E-state index contributed by atoms with van der Waals surface area (Å²) in [5.74, 6) is 2.69. The Labute approximate surface area is 186 Å². The Morgan fingerprint density at radius 3 is 1.19 bits per heavy atom. The molecule has 0 amide bonds. The summed E-state index contributed by atoms with van der Waals surface area (Å²) in [6.45, 7) is 0. The number of halogens is 1. The van der Waals surface area contributed by atoms with Gasteiger partial charge in [-0.15, -0.1) is 10.2 Å². The molecular formula is C25H26ClO4P. The average molecular weight is 457 g/mol. The molecule has 1 fully saturated rings. The highest BCUT2D eigenvalue weighted by molar-refractivity contribution is 7.98. The van der Waals surface area contributed by atoms with Gasteiger partial charge in [-0.2, -0.15) is 0 Å². The number of benzene rings is 3. The van der Waals surface area contributed by atoms with Crippen molar-refractivity contribution in [2.24, 2.45) is 0 Å². The molecule has 4 rings (SSSR count). The van der Waals surface area contributed by atoms with Gasteiger partial charge >= 0.3 is 0 Å². The second-order valence-electron chi connectivity index (χ2n) is 7.46. The van der Waals surface area contributed by atoms with Crippen LogP contribution in [0.25, 0.3) is 0 Å². The van der Waals surface area contributed by atoms with E-state index in [2.05, 4.69) is 96.8 Å². The maximum atomic E-state index is 8.49. The van der Waals surface area contributed by atoms with Crippen LogP contribution in [0.3, 0.4) is 0 Å². The van der Waals surface area contributed by atoms with E-state index in [1.54, 1.807) is 5.57 Å². The number of hydrogen-bond donors (Lipinski definition) is 0. The highest BCUT2D eigenvalue weighted by atomic mass is 35.7. The fraction of sp³-hybridized carbons (Fsp3) is 0.200. The minimum absolute atomic E-state index is 1.26. The fourth-order valence-electron chi connectivity index (χ4n) is 4.07. The van der Waals surface area contributed by atoms with E-state index in [9.17, 15) is 0 Å². The van der Waals surface area contributed by atoms with Crippen LogP contribution >= 0.6 is 7.26 Å². The van der Waals surface area contributed by atoms with Crippen LogP contribution in [-0.4, -0.2) is 0 Å². The van der Waals surface area contributed by atoms with Gasteiger partial charge in [-0.25, -0.2) is 18.6 Å². The van der Waals surface area contributed by atoms with Gasteiger partial charge in [0.25, 0.3) is 0 Å². The summed E-state index contributed by atoms with van der Waals surface area (Å²) in [7, 11) is -6.73. The molecule has 4 nitrogen and oxygen atoms in total. The zero-order chi connectivity index (χ0) is 22.2. The molecule has 0 aliphatic heterocycles. The van der Waals surface area contributed by atoms with E-state index in [1.165, 1.54) is 48.0 Å². The molecule has 3 aromatic carbocycles. The van der Waals surface area contributed by atoms with E-state index in [-0.39, 0.29) is 0 Å². The summed E-state index contributed by atoms with van der Waals surface area (Å²) >= 11 is 0. The molecule has 1 aliphatic carbocycles. The summed E-state index contributed by atoms with van der Waals surface area (Å²) in [6.07, 6.45) is 6.57. The van der Waals surface area contributed by atoms with Crippen molar-refractivity contribution in [1.29, 1.82) is 0 Å². The lowest BCUT2D eigenvalue weighted by Crippen LogP contribution is -2.68. The Morgan fingerprint density at radius 2 is 0.871 bits per heavy atom. The van der Waals surface area contributed by atoms with Crippen LogP contribution in [0, 0.1) is 10.2 Å². The predicted octanol–water partition coefficient (Wildman–Crippen LogP) is 1.07. The fourth-order valence-corrected chi connectivity index (χ4v) is 8.14. The Kier molecular flexibility index (Phi) is 8.39. The van der Waals surface area contributed by atoms with Crippen molar-refractivity contribution >= 4 is 23.2 Å². The molecule has 1 saturated carbocycles. The summed E-state index contributed by atoms with van der Waals surface area (Å²) in [5, 5.41) is 4.36. The average Bonchev–Trinajstić information content (AvgIpc) is 2.79. The first-order valence-corrected chi connectivity index (χ1v) is 13.4. The molecule has 31 heavy (non-hydrogen) atoms. The largest absolute Gasteiger partial charge is 0.222 e. The molecule has 0 spiro atoms. The SMILES string of the molecule is C(=C1CCCCC1)[P+](c1ccccc1)(c1ccccc1)c1ccccc1.[O-][Cl+3]([O-])([O-])[O-]. The van der Waals surface area contributed by atoms with Crippen LogP contribution in [0.4, 0.5) is 0 Å². The van der Waals surface area contributed by atoms with E-state index >= 15 is 0 Å². The zero-order valence-electron chi connectivity index (χ0n) is 17.2. The summed E-state index contributed by atoms with van der Waals surface area (Å²) in [6, 6.07) is 33.5. The molecule has 0 atom stereocenters. The summed E-state index contributed by atoms with van der Waals surface area (Å²) in [5.41, 5.74) is 1.65. The standard InChI is InChI=1S/C25H26P.ClHO4/c1-5-13-22(14-6-1)21-26(23-15-7-2-8-16-23,24-17-9-3-10-18-24)25-19-11-4-12-20-25;2-1(3,4)5/h2-4,7-12,15-21H,1,5-6,13-14H2;(H,2,3,4,5)/q+1;/p-1. The number of hydrogen-bond acceptors (Lipinski definition) is 4. The Hall–Kier alpha value is -2.04. The lowest BCUT2D eigenvalue weighted by molar-refractivity contribution is -2.00. The van der Waals surface area contributed by atoms with Gasteiger partial charge in [0.05, 0.1) is 5.82 Å². The van der Waals surface area contributed by atoms with E-state index in [4.69, 9.17) is 18.6 Å². The predicted molar refractivity (Wildman–Crippen MR) is 116 cm³/mol. The maximum absolute atomic E-state index is 8.49. The smallest absolute Gasteiger partial charge is 0.136 e. The molecule has 1 aliphatic rings. The molecule has 0 N–H and O–H groups in total. The van der Waals surface area contributed by atoms with Gasteiger partial charge in [-0.3, -0.25) is 0 Å². The van der Waals surface area contributed by atoms with Crippen LogP contribution in [0.5, 0.6) is 0 Å². The van der Waals surface area contributed by atoms with Crippen LogP contribution < -0.4 is 34.5 Å². The third-order valence-corrected chi connectivity index (χ3v) is 9.45. The lowest BCUT2D eigenvalue weighted by atomic mass is 9.96. The van der Waals surface area contributed by atoms with Gasteiger partial charge in [0.15, 0.2) is 0 Å². The van der Waals surface area contributed by atoms with E-state index in [0.717, 1.165) is 0 Å². The van der Waals surface area contributed by atoms with E-state index in [0.29, 0.717) is 0 Å². The summed E-state index contributed by atoms with van der Waals surface area (Å²) in [4.78, 5) is 0. The molecule has 0 radical (unpaired) electrons. The van der Waals surface area contributed by atoms with Crippen molar-refractivity contribution in [1.82, 2.24) is 0 Å². The topological polar surface area (TPSA) is 92.2 Å². The van der Waals surface area contributed by atoms with E-state index < -0.39 is 17.5 Å². The number of allylic oxidation sites excluding steroid dienone is 1. The maximum Gasteiger partial charge on any atom is 0.136 e. The van der Waals surface area contributed by atoms with Crippen molar-refractivity contribution in [3.63, 3.8) is 0 Å². The normalized spacial score (nSPS) is 14.4. The molecule has 0 unspecified atom stereocenters. The van der Waals surface area contributed by atoms with Crippen molar-refractivity contribution in [2.75, 3.05) is 0 Å². The van der Waals surface area contributed by atoms with Gasteiger partial charge < -0.3 is 0 Å². The van der Waals surface area contributed by atoms with Crippen molar-refractivity contribution in [3.8, 4) is 0 Å². The molecule has 0 heterocycles. The first-order chi connectivity index (χ1) is 14.9. The molecule has 3 aromatic rings. The van der Waals surface area contributed by atoms with Crippen molar-refractivity contribution < 1.29 is 28.9 Å². The second kappa shape index (κ2) is 11.0. The van der Waals surface area contributed by atoms with Gasteiger partial charge in [0.2, 0.25) is 0 Å². The highest BCUT2D eigenvalue weighted by Crippen LogP contribution is 2.58. The third-order valence-electron chi connectivity index (χ3n) is 5.36. The van der Waals surface area contributed by atoms with Crippen molar-refractivity contribution in [3.05, 3.63) is 102 Å². The van der Waals surface area contributed by atoms with E-state index in [1.807, 2.05) is 0 Å². The molecule has 6 heteroatoms. The van der Waals surface area contributed by atoms with Gasteiger partial charge in [0.1, 0.15) is 23.2 Å². The Balaban J connectivity index is 0.000000491. The number of rotatable bonds is 4. The molecule has 0 saturated heterocycles. The Bertz CT molecular complexity index is 846. The zero-order valence-corrected chi connectivity index (χ0v) is 18.9. The molecule has 0 aromatic heterocycles. The molecule has 162 valence electrons. The minimum Gasteiger partial charge on any atom is -0.222 e. The van der Waals surface area contributed by atoms with Gasteiger partial charge in [-0.1, -0.05) is 61.0 Å². The quantitative estimate of drug-likeness (QED) is 0.549. The van der Waals surface area contributed by atoms with Crippen LogP contribution in [-0.2, 0) is 0 Å². The van der Waals surface area contributed by atoms with Crippen LogP contribution in [0.1, 0.15) is 32.1 Å². The Morgan fingerprint density at radius 1 is 0.548 bits per heavy atom. The second-order valence-corrected chi connectivity index (χ2v) is 11.5. The monoisotopic (exact) mass is 456 g/mol. The third kappa shape index (κ3) is 6.72.